The largest absolute Gasteiger partial charge is 0.471 e. The summed E-state index contributed by atoms with van der Waals surface area (Å²) in [6, 6.07) is 2.70. The number of hydrogen-bond donors (Lipinski definition) is 0. The van der Waals surface area contributed by atoms with Crippen molar-refractivity contribution in [1.82, 2.24) is 14.9 Å². The molecule has 138 valence electrons. The molecule has 2 atom stereocenters. The van der Waals surface area contributed by atoms with Crippen molar-refractivity contribution in [2.75, 3.05) is 6.61 Å². The van der Waals surface area contributed by atoms with E-state index in [4.69, 9.17) is 27.9 Å². The summed E-state index contributed by atoms with van der Waals surface area (Å²) in [5.74, 6) is -0.0493. The van der Waals surface area contributed by atoms with Crippen molar-refractivity contribution >= 4 is 29.5 Å². The molecule has 5 nitrogen and oxygen atoms in total. The van der Waals surface area contributed by atoms with Crippen LogP contribution in [0.25, 0.3) is 0 Å². The predicted molar refractivity (Wildman–Crippen MR) is 92.8 cm³/mol. The molecule has 3 rings (SSSR count). The van der Waals surface area contributed by atoms with Crippen LogP contribution in [0.2, 0.25) is 10.2 Å². The summed E-state index contributed by atoms with van der Waals surface area (Å²) in [4.78, 5) is 21.7. The molecular weight excluding hydrogens is 387 g/mol. The van der Waals surface area contributed by atoms with E-state index in [-0.39, 0.29) is 16.9 Å². The van der Waals surface area contributed by atoms with Crippen LogP contribution < -0.4 is 4.74 Å². The minimum Gasteiger partial charge on any atom is -0.471 e. The van der Waals surface area contributed by atoms with Crippen molar-refractivity contribution in [3.63, 3.8) is 0 Å². The van der Waals surface area contributed by atoms with Crippen LogP contribution in [-0.2, 0) is 11.3 Å². The van der Waals surface area contributed by atoms with Gasteiger partial charge in [-0.05, 0) is 30.2 Å². The molecule has 0 bridgehead atoms. The first-order valence-corrected chi connectivity index (χ1v) is 8.58. The Hall–Kier alpha value is -1.83. The van der Waals surface area contributed by atoms with E-state index in [0.717, 1.165) is 23.0 Å². The molecule has 9 heteroatoms. The Balaban J connectivity index is 1.83. The molecule has 0 aliphatic carbocycles. The van der Waals surface area contributed by atoms with Gasteiger partial charge in [-0.3, -0.25) is 4.90 Å². The summed E-state index contributed by atoms with van der Waals surface area (Å²) < 4.78 is 29.4. The van der Waals surface area contributed by atoms with E-state index >= 15 is 0 Å². The van der Waals surface area contributed by atoms with Crippen LogP contribution in [0.15, 0.2) is 24.5 Å². The van der Waals surface area contributed by atoms with E-state index in [1.165, 1.54) is 6.20 Å². The van der Waals surface area contributed by atoms with Crippen molar-refractivity contribution in [3.8, 4) is 5.88 Å². The zero-order valence-electron chi connectivity index (χ0n) is 13.7. The summed E-state index contributed by atoms with van der Waals surface area (Å²) in [5, 5.41) is 0.505. The Morgan fingerprint density at radius 1 is 1.42 bits per heavy atom. The maximum atomic E-state index is 12.3. The number of aldehydes is 1. The van der Waals surface area contributed by atoms with E-state index in [2.05, 4.69) is 9.97 Å². The third kappa shape index (κ3) is 3.65. The predicted octanol–water partition coefficient (Wildman–Crippen LogP) is 4.24. The molecule has 0 saturated carbocycles. The van der Waals surface area contributed by atoms with Gasteiger partial charge in [-0.1, -0.05) is 23.2 Å². The summed E-state index contributed by atoms with van der Waals surface area (Å²) >= 11 is 12.2. The number of carbonyl (C=O) groups is 1. The van der Waals surface area contributed by atoms with Gasteiger partial charge in [0.2, 0.25) is 5.88 Å². The van der Waals surface area contributed by atoms with Crippen molar-refractivity contribution in [2.24, 2.45) is 0 Å². The molecule has 2 aromatic heterocycles. The second-order valence-corrected chi connectivity index (χ2v) is 6.62. The highest BCUT2D eigenvalue weighted by Gasteiger charge is 2.35. The first-order chi connectivity index (χ1) is 12.4. The first-order valence-electron chi connectivity index (χ1n) is 7.83. The third-order valence-corrected chi connectivity index (χ3v) is 4.94. The second-order valence-electron chi connectivity index (χ2n) is 5.86. The molecule has 0 fully saturated rings. The quantitative estimate of drug-likeness (QED) is 0.534. The van der Waals surface area contributed by atoms with Crippen LogP contribution in [0.3, 0.4) is 0 Å². The van der Waals surface area contributed by atoms with Crippen molar-refractivity contribution < 1.29 is 18.3 Å². The van der Waals surface area contributed by atoms with Crippen LogP contribution in [0.1, 0.15) is 35.7 Å². The van der Waals surface area contributed by atoms with E-state index in [9.17, 15) is 13.6 Å². The van der Waals surface area contributed by atoms with Crippen molar-refractivity contribution in [2.45, 2.75) is 32.0 Å². The fraction of sp³-hybridized carbons (Fsp3) is 0.353. The topological polar surface area (TPSA) is 55.3 Å². The van der Waals surface area contributed by atoms with Crippen LogP contribution in [0, 0.1) is 0 Å². The van der Waals surface area contributed by atoms with Crippen molar-refractivity contribution in [1.29, 1.82) is 0 Å². The zero-order valence-corrected chi connectivity index (χ0v) is 15.2. The molecule has 0 aromatic carbocycles. The summed E-state index contributed by atoms with van der Waals surface area (Å²) in [7, 11) is 0. The number of nitrogens with zero attached hydrogens (tertiary/aromatic N) is 3. The lowest BCUT2D eigenvalue weighted by molar-refractivity contribution is -0.113. The van der Waals surface area contributed by atoms with E-state index < -0.39 is 19.1 Å². The fourth-order valence-electron chi connectivity index (χ4n) is 3.01. The minimum atomic E-state index is -2.61. The number of carbonyl (C=O) groups excluding carboxylic acids is 1. The van der Waals surface area contributed by atoms with E-state index in [0.29, 0.717) is 11.7 Å². The SMILES string of the molecule is CC(c1cnc(OCC(F)F)c(Cl)c1)N1Cc2c(ccnc2Cl)C1C=O. The normalized spacial score (nSPS) is 18.0. The molecule has 0 amide bonds. The molecule has 0 spiro atoms. The van der Waals surface area contributed by atoms with Gasteiger partial charge in [0, 0.05) is 30.5 Å². The van der Waals surface area contributed by atoms with Crippen LogP contribution in [0.5, 0.6) is 5.88 Å². The van der Waals surface area contributed by atoms with E-state index in [1.807, 2.05) is 11.8 Å². The lowest BCUT2D eigenvalue weighted by Gasteiger charge is -2.28. The second kappa shape index (κ2) is 7.82. The number of fused-ring (bicyclic) bond motifs is 1. The van der Waals surface area contributed by atoms with Crippen LogP contribution >= 0.6 is 23.2 Å². The van der Waals surface area contributed by atoms with Gasteiger partial charge in [0.25, 0.3) is 6.43 Å². The van der Waals surface area contributed by atoms with Crippen molar-refractivity contribution in [3.05, 3.63) is 51.4 Å². The molecule has 2 unspecified atom stereocenters. The molecular formula is C17H15Cl2F2N3O2. The maximum Gasteiger partial charge on any atom is 0.272 e. The van der Waals surface area contributed by atoms with Crippen LogP contribution in [0.4, 0.5) is 8.78 Å². The fourth-order valence-corrected chi connectivity index (χ4v) is 3.47. The Morgan fingerprint density at radius 2 is 2.19 bits per heavy atom. The van der Waals surface area contributed by atoms with Gasteiger partial charge in [-0.2, -0.15) is 0 Å². The lowest BCUT2D eigenvalue weighted by Crippen LogP contribution is -2.26. The average Bonchev–Trinajstić information content (AvgIpc) is 2.99. The number of aromatic nitrogens is 2. The molecule has 3 heterocycles. The number of alkyl halides is 2. The molecule has 0 radical (unpaired) electrons. The van der Waals surface area contributed by atoms with E-state index in [1.54, 1.807) is 18.3 Å². The first kappa shape index (κ1) is 18.9. The molecule has 1 aliphatic heterocycles. The molecule has 2 aromatic rings. The number of rotatable bonds is 6. The Bertz CT molecular complexity index is 823. The summed E-state index contributed by atoms with van der Waals surface area (Å²) in [6.07, 6.45) is 1.32. The highest BCUT2D eigenvalue weighted by Crippen LogP contribution is 2.41. The van der Waals surface area contributed by atoms with Gasteiger partial charge in [-0.15, -0.1) is 0 Å². The monoisotopic (exact) mass is 401 g/mol. The lowest BCUT2D eigenvalue weighted by atomic mass is 10.1. The third-order valence-electron chi connectivity index (χ3n) is 4.34. The van der Waals surface area contributed by atoms with Crippen LogP contribution in [-0.4, -0.2) is 34.2 Å². The smallest absolute Gasteiger partial charge is 0.272 e. The Kier molecular flexibility index (Phi) is 5.70. The highest BCUT2D eigenvalue weighted by atomic mass is 35.5. The standard InChI is InChI=1S/C17H15Cl2F2N3O2/c1-9(10-4-13(18)17(23-5-10)26-8-15(20)21)24-6-12-11(14(24)7-25)2-3-22-16(12)19/h2-5,7,9,14-15H,6,8H2,1H3. The molecule has 1 aliphatic rings. The molecule has 0 N–H and O–H groups in total. The number of pyridine rings is 2. The summed E-state index contributed by atoms with van der Waals surface area (Å²) in [5.41, 5.74) is 2.36. The molecule has 0 saturated heterocycles. The molecule has 26 heavy (non-hydrogen) atoms. The Morgan fingerprint density at radius 3 is 2.85 bits per heavy atom. The Labute approximate surface area is 158 Å². The summed E-state index contributed by atoms with van der Waals surface area (Å²) in [6.45, 7) is 1.58. The van der Waals surface area contributed by atoms with Gasteiger partial charge >= 0.3 is 0 Å². The average molecular weight is 402 g/mol. The number of halogens is 4. The minimum absolute atomic E-state index is 0.0493. The number of ether oxygens (including phenoxy) is 1. The maximum absolute atomic E-state index is 12.3. The zero-order chi connectivity index (χ0) is 18.8. The highest BCUT2D eigenvalue weighted by molar-refractivity contribution is 6.31. The van der Waals surface area contributed by atoms with Gasteiger partial charge < -0.3 is 9.53 Å². The number of hydrogen-bond acceptors (Lipinski definition) is 5. The van der Waals surface area contributed by atoms with Gasteiger partial charge in [0.1, 0.15) is 16.5 Å². The van der Waals surface area contributed by atoms with Gasteiger partial charge in [0.15, 0.2) is 6.61 Å². The van der Waals surface area contributed by atoms with Gasteiger partial charge in [0.05, 0.1) is 6.04 Å². The van der Waals surface area contributed by atoms with Gasteiger partial charge in [-0.25, -0.2) is 18.7 Å².